The highest BCUT2D eigenvalue weighted by Gasteiger charge is 2.36. The van der Waals surface area contributed by atoms with Crippen LogP contribution in [0.25, 0.3) is 0 Å². The van der Waals surface area contributed by atoms with E-state index < -0.39 is 15.6 Å². The van der Waals surface area contributed by atoms with E-state index in [4.69, 9.17) is 13.0 Å². The highest BCUT2D eigenvalue weighted by molar-refractivity contribution is 9.10. The van der Waals surface area contributed by atoms with Crippen molar-refractivity contribution in [2.45, 2.75) is 10.4 Å². The van der Waals surface area contributed by atoms with Gasteiger partial charge in [-0.15, -0.1) is 0 Å². The van der Waals surface area contributed by atoms with E-state index in [9.17, 15) is 13.2 Å². The lowest BCUT2D eigenvalue weighted by Crippen LogP contribution is -2.21. The first-order valence-electron chi connectivity index (χ1n) is 4.30. The fraction of sp³-hybridized carbons (Fsp3) is 0.333. The minimum atomic E-state index is -6.09. The summed E-state index contributed by atoms with van der Waals surface area (Å²) >= 11 is 3.40. The smallest absolute Gasteiger partial charge is 0.485 e. The molecule has 9 heteroatoms. The molecule has 0 unspecified atom stereocenters. The molecule has 0 saturated heterocycles. The van der Waals surface area contributed by atoms with Gasteiger partial charge in [0.1, 0.15) is 12.5 Å². The van der Waals surface area contributed by atoms with Crippen LogP contribution < -0.4 is 0 Å². The number of halogens is 4. The van der Waals surface area contributed by atoms with E-state index in [0.717, 1.165) is 4.47 Å². The predicted octanol–water partition coefficient (Wildman–Crippen LogP) is 2.74. The molecule has 0 spiro atoms. The van der Waals surface area contributed by atoms with Crippen LogP contribution in [0.4, 0.5) is 13.2 Å². The number of benzene rings is 1. The summed E-state index contributed by atoms with van der Waals surface area (Å²) in [5.74, 6) is 0. The van der Waals surface area contributed by atoms with Crippen molar-refractivity contribution >= 4 is 36.9 Å². The van der Waals surface area contributed by atoms with Crippen LogP contribution in [0, 0.1) is 0 Å². The normalized spacial score (nSPS) is 12.0. The van der Waals surface area contributed by atoms with Gasteiger partial charge in [0.25, 0.3) is 0 Å². The Morgan fingerprint density at radius 2 is 1.50 bits per heavy atom. The van der Waals surface area contributed by atoms with Gasteiger partial charge < -0.3 is 4.55 Å². The zero-order valence-corrected chi connectivity index (χ0v) is 12.6. The molecule has 0 amide bonds. The van der Waals surface area contributed by atoms with Crippen molar-refractivity contribution in [2.24, 2.45) is 0 Å². The molecule has 0 aliphatic carbocycles. The van der Waals surface area contributed by atoms with E-state index in [1.165, 1.54) is 4.90 Å². The molecular weight excluding hydrogens is 357 g/mol. The van der Waals surface area contributed by atoms with Gasteiger partial charge in [-0.05, 0) is 24.3 Å². The minimum Gasteiger partial charge on any atom is -0.741 e. The van der Waals surface area contributed by atoms with Crippen molar-refractivity contribution in [2.75, 3.05) is 12.5 Å². The largest absolute Gasteiger partial charge is 0.741 e. The molecule has 0 N–H and O–H groups in total. The van der Waals surface area contributed by atoms with E-state index in [2.05, 4.69) is 52.7 Å². The summed E-state index contributed by atoms with van der Waals surface area (Å²) in [6.45, 7) is 0. The Hall–Kier alpha value is -0.250. The van der Waals surface area contributed by atoms with E-state index in [1.54, 1.807) is 0 Å². The van der Waals surface area contributed by atoms with Gasteiger partial charge in [-0.2, -0.15) is 13.2 Å². The Labute approximate surface area is 115 Å². The molecule has 0 aliphatic rings. The van der Waals surface area contributed by atoms with Gasteiger partial charge in [0.2, 0.25) is 0 Å². The Balaban J connectivity index is 0.000000331. The molecule has 1 rings (SSSR count). The van der Waals surface area contributed by atoms with E-state index in [0.29, 0.717) is 10.9 Å². The monoisotopic (exact) mass is 366 g/mol. The van der Waals surface area contributed by atoms with E-state index in [-0.39, 0.29) is 0 Å². The molecule has 1 aromatic carbocycles. The molecule has 0 bridgehead atoms. The van der Waals surface area contributed by atoms with Crippen LogP contribution in [0.1, 0.15) is 0 Å². The standard InChI is InChI=1S/C8H10BrS.CHF3O3S/c1-10(2)8-5-3-7(9)4-6-8;2-1(3,4)8(5,6)7/h3-6H,1-2H3;(H,5,6,7)/q+1;/p-1. The fourth-order valence-electron chi connectivity index (χ4n) is 0.707. The lowest BCUT2D eigenvalue weighted by molar-refractivity contribution is -0.0517. The predicted molar refractivity (Wildman–Crippen MR) is 67.4 cm³/mol. The SMILES string of the molecule is C[S+](C)c1ccc(Br)cc1.O=S(=O)([O-])C(F)(F)F. The van der Waals surface area contributed by atoms with Gasteiger partial charge in [-0.3, -0.25) is 0 Å². The second-order valence-electron chi connectivity index (χ2n) is 3.17. The highest BCUT2D eigenvalue weighted by Crippen LogP contribution is 2.20. The van der Waals surface area contributed by atoms with Gasteiger partial charge >= 0.3 is 5.51 Å². The Kier molecular flexibility index (Phi) is 6.69. The maximum Gasteiger partial charge on any atom is 0.485 e. The topological polar surface area (TPSA) is 57.2 Å². The van der Waals surface area contributed by atoms with Crippen LogP contribution >= 0.6 is 15.9 Å². The third-order valence-electron chi connectivity index (χ3n) is 1.57. The van der Waals surface area contributed by atoms with Crippen molar-refractivity contribution in [1.82, 2.24) is 0 Å². The third kappa shape index (κ3) is 6.62. The average Bonchev–Trinajstić information content (AvgIpc) is 2.16. The quantitative estimate of drug-likeness (QED) is 0.436. The van der Waals surface area contributed by atoms with Crippen molar-refractivity contribution in [1.29, 1.82) is 0 Å². The summed E-state index contributed by atoms with van der Waals surface area (Å²) in [7, 11) is -5.70. The first-order valence-corrected chi connectivity index (χ1v) is 8.54. The molecule has 3 nitrogen and oxygen atoms in total. The highest BCUT2D eigenvalue weighted by atomic mass is 79.9. The van der Waals surface area contributed by atoms with E-state index in [1.807, 2.05) is 0 Å². The minimum absolute atomic E-state index is 0.392. The average molecular weight is 367 g/mol. The van der Waals surface area contributed by atoms with Gasteiger partial charge in [-0.25, -0.2) is 8.42 Å². The lowest BCUT2D eigenvalue weighted by Gasteiger charge is -2.08. The van der Waals surface area contributed by atoms with Crippen LogP contribution in [0.3, 0.4) is 0 Å². The number of alkyl halides is 3. The second kappa shape index (κ2) is 6.78. The maximum absolute atomic E-state index is 10.7. The zero-order chi connectivity index (χ0) is 14.6. The van der Waals surface area contributed by atoms with Crippen LogP contribution in [0.2, 0.25) is 0 Å². The number of hydrogen-bond acceptors (Lipinski definition) is 3. The van der Waals surface area contributed by atoms with Gasteiger partial charge in [0, 0.05) is 15.4 Å². The first kappa shape index (κ1) is 17.8. The van der Waals surface area contributed by atoms with Gasteiger partial charge in [0.05, 0.1) is 0 Å². The molecule has 0 radical (unpaired) electrons. The maximum atomic E-state index is 10.7. The molecule has 18 heavy (non-hydrogen) atoms. The Morgan fingerprint density at radius 1 is 1.17 bits per heavy atom. The zero-order valence-electron chi connectivity index (χ0n) is 9.36. The van der Waals surface area contributed by atoms with Gasteiger partial charge in [-0.1, -0.05) is 15.9 Å². The fourth-order valence-corrected chi connectivity index (χ4v) is 1.65. The summed E-state index contributed by atoms with van der Waals surface area (Å²) in [6.07, 6.45) is 4.45. The van der Waals surface area contributed by atoms with Crippen molar-refractivity contribution < 1.29 is 26.1 Å². The second-order valence-corrected chi connectivity index (χ2v) is 7.56. The van der Waals surface area contributed by atoms with Crippen molar-refractivity contribution in [3.63, 3.8) is 0 Å². The molecule has 104 valence electrons. The summed E-state index contributed by atoms with van der Waals surface area (Å²) in [5.41, 5.74) is -5.65. The van der Waals surface area contributed by atoms with E-state index >= 15 is 0 Å². The molecule has 0 aliphatic heterocycles. The van der Waals surface area contributed by atoms with Crippen LogP contribution in [-0.2, 0) is 21.0 Å². The third-order valence-corrected chi connectivity index (χ3v) is 3.88. The van der Waals surface area contributed by atoms with Gasteiger partial charge in [0.15, 0.2) is 15.0 Å². The molecule has 0 saturated carbocycles. The summed E-state index contributed by atoms with van der Waals surface area (Å²) in [6, 6.07) is 8.49. The lowest BCUT2D eigenvalue weighted by atomic mass is 10.4. The van der Waals surface area contributed by atoms with Crippen LogP contribution in [0.5, 0.6) is 0 Å². The Morgan fingerprint density at radius 3 is 1.72 bits per heavy atom. The van der Waals surface area contributed by atoms with Crippen LogP contribution in [-0.4, -0.2) is 31.0 Å². The molecule has 0 heterocycles. The molecule has 1 aromatic rings. The summed E-state index contributed by atoms with van der Waals surface area (Å²) in [5, 5.41) is 0. The summed E-state index contributed by atoms with van der Waals surface area (Å²) in [4.78, 5) is 1.42. The first-order chi connectivity index (χ1) is 7.95. The van der Waals surface area contributed by atoms with Crippen LogP contribution in [0.15, 0.2) is 33.6 Å². The molecule has 0 aromatic heterocycles. The molecule has 0 atom stereocenters. The molecular formula is C9H10BrF3O3S2. The van der Waals surface area contributed by atoms with Crippen molar-refractivity contribution in [3.05, 3.63) is 28.7 Å². The number of hydrogen-bond donors (Lipinski definition) is 0. The Bertz CT molecular complexity index is 469. The summed E-state index contributed by atoms with van der Waals surface area (Å²) < 4.78 is 60.1. The molecule has 0 fully saturated rings. The number of rotatable bonds is 1. The van der Waals surface area contributed by atoms with Crippen molar-refractivity contribution in [3.8, 4) is 0 Å².